The minimum Gasteiger partial charge on any atom is -0.504 e. The number of carbonyl (C=O) groups is 1. The van der Waals surface area contributed by atoms with Gasteiger partial charge >= 0.3 is 5.97 Å². The number of esters is 1. The normalized spacial score (nSPS) is 13.2. The summed E-state index contributed by atoms with van der Waals surface area (Å²) in [5.74, 6) is -0.201. The van der Waals surface area contributed by atoms with Crippen LogP contribution in [0.5, 0.6) is 0 Å². The average Bonchev–Trinajstić information content (AvgIpc) is 2.30. The summed E-state index contributed by atoms with van der Waals surface area (Å²) in [6.45, 7) is 0. The number of allylic oxidation sites excluding steroid dienone is 2. The Morgan fingerprint density at radius 1 is 1.31 bits per heavy atom. The fraction of sp³-hybridized carbons (Fsp3) is 0.583. The Morgan fingerprint density at radius 2 is 2.06 bits per heavy atom. The highest BCUT2D eigenvalue weighted by Crippen LogP contribution is 2.05. The summed E-state index contributed by atoms with van der Waals surface area (Å²) in [6.07, 6.45) is 8.78. The minimum absolute atomic E-state index is 0.201. The van der Waals surface area contributed by atoms with Gasteiger partial charge in [0.05, 0.1) is 26.6 Å². The molecule has 1 atom stereocenters. The predicted octanol–water partition coefficient (Wildman–Crippen LogP) is 1.80. The van der Waals surface area contributed by atoms with Crippen LogP contribution in [0.4, 0.5) is 0 Å². The molecule has 92 valence electrons. The van der Waals surface area contributed by atoms with Gasteiger partial charge < -0.3 is 14.6 Å². The van der Waals surface area contributed by atoms with Crippen LogP contribution < -0.4 is 0 Å². The average molecular weight is 228 g/mol. The lowest BCUT2D eigenvalue weighted by atomic mass is 10.1. The zero-order valence-corrected chi connectivity index (χ0v) is 9.89. The van der Waals surface area contributed by atoms with Crippen LogP contribution in [0.2, 0.25) is 0 Å². The van der Waals surface area contributed by atoms with Crippen molar-refractivity contribution in [2.45, 2.75) is 31.8 Å². The van der Waals surface area contributed by atoms with Crippen molar-refractivity contribution >= 4 is 5.97 Å². The summed E-state index contributed by atoms with van der Waals surface area (Å²) >= 11 is 0. The summed E-state index contributed by atoms with van der Waals surface area (Å²) in [7, 11) is 2.94. The van der Waals surface area contributed by atoms with E-state index < -0.39 is 6.10 Å². The second-order valence-electron chi connectivity index (χ2n) is 3.34. The SMILES string of the molecule is COC=CC=CC(O)CCCCC(=O)OC. The number of aliphatic hydroxyl groups is 1. The van der Waals surface area contributed by atoms with Crippen molar-refractivity contribution < 1.29 is 19.4 Å². The number of hydrogen-bond donors (Lipinski definition) is 1. The molecule has 4 nitrogen and oxygen atoms in total. The van der Waals surface area contributed by atoms with E-state index in [9.17, 15) is 9.90 Å². The molecule has 0 aromatic rings. The molecule has 0 amide bonds. The quantitative estimate of drug-likeness (QED) is 0.298. The molecule has 4 heteroatoms. The lowest BCUT2D eigenvalue weighted by Crippen LogP contribution is -2.03. The Hall–Kier alpha value is -1.29. The molecule has 0 fully saturated rings. The molecule has 0 aromatic heterocycles. The lowest BCUT2D eigenvalue weighted by molar-refractivity contribution is -0.140. The molecule has 0 aliphatic heterocycles. The van der Waals surface area contributed by atoms with Gasteiger partial charge in [0.25, 0.3) is 0 Å². The highest BCUT2D eigenvalue weighted by atomic mass is 16.5. The van der Waals surface area contributed by atoms with Crippen molar-refractivity contribution in [2.75, 3.05) is 14.2 Å². The number of hydrogen-bond acceptors (Lipinski definition) is 4. The molecule has 0 radical (unpaired) electrons. The van der Waals surface area contributed by atoms with Gasteiger partial charge in [-0.15, -0.1) is 0 Å². The second kappa shape index (κ2) is 10.2. The Balaban J connectivity index is 3.50. The third-order valence-corrected chi connectivity index (χ3v) is 2.02. The van der Waals surface area contributed by atoms with Gasteiger partial charge in [-0.2, -0.15) is 0 Å². The zero-order chi connectivity index (χ0) is 12.2. The molecule has 0 spiro atoms. The standard InChI is InChI=1S/C12H20O4/c1-15-10-6-5-8-11(13)7-3-4-9-12(14)16-2/h5-6,8,10-11,13H,3-4,7,9H2,1-2H3. The van der Waals surface area contributed by atoms with Crippen LogP contribution in [0.1, 0.15) is 25.7 Å². The topological polar surface area (TPSA) is 55.8 Å². The molecule has 0 saturated carbocycles. The fourth-order valence-corrected chi connectivity index (χ4v) is 1.14. The van der Waals surface area contributed by atoms with Gasteiger partial charge in [-0.1, -0.05) is 12.2 Å². The molecule has 0 bridgehead atoms. The van der Waals surface area contributed by atoms with Gasteiger partial charge in [-0.25, -0.2) is 0 Å². The first-order valence-corrected chi connectivity index (χ1v) is 5.31. The first kappa shape index (κ1) is 14.7. The maximum absolute atomic E-state index is 10.8. The largest absolute Gasteiger partial charge is 0.504 e. The molecule has 0 aliphatic rings. The predicted molar refractivity (Wildman–Crippen MR) is 61.8 cm³/mol. The third-order valence-electron chi connectivity index (χ3n) is 2.02. The Kier molecular flexibility index (Phi) is 9.41. The maximum atomic E-state index is 10.8. The Morgan fingerprint density at radius 3 is 2.69 bits per heavy atom. The summed E-state index contributed by atoms with van der Waals surface area (Å²) in [4.78, 5) is 10.8. The lowest BCUT2D eigenvalue weighted by Gasteiger charge is -2.04. The summed E-state index contributed by atoms with van der Waals surface area (Å²) in [6, 6.07) is 0. The van der Waals surface area contributed by atoms with Crippen LogP contribution in [-0.4, -0.2) is 31.4 Å². The van der Waals surface area contributed by atoms with Gasteiger partial charge in [-0.05, 0) is 25.3 Å². The number of rotatable bonds is 8. The van der Waals surface area contributed by atoms with Crippen LogP contribution in [0, 0.1) is 0 Å². The van der Waals surface area contributed by atoms with E-state index in [0.717, 1.165) is 12.8 Å². The Bertz CT molecular complexity index is 233. The van der Waals surface area contributed by atoms with Crippen molar-refractivity contribution in [3.63, 3.8) is 0 Å². The van der Waals surface area contributed by atoms with Gasteiger partial charge in [-0.3, -0.25) is 4.79 Å². The molecule has 1 N–H and O–H groups in total. The molecule has 0 aliphatic carbocycles. The highest BCUT2D eigenvalue weighted by Gasteiger charge is 2.02. The van der Waals surface area contributed by atoms with E-state index in [0.29, 0.717) is 12.8 Å². The summed E-state index contributed by atoms with van der Waals surface area (Å²) < 4.78 is 9.21. The van der Waals surface area contributed by atoms with Crippen molar-refractivity contribution in [3.8, 4) is 0 Å². The molecular weight excluding hydrogens is 208 g/mol. The van der Waals surface area contributed by atoms with Crippen molar-refractivity contribution in [2.24, 2.45) is 0 Å². The molecular formula is C12H20O4. The van der Waals surface area contributed by atoms with Crippen LogP contribution in [0.15, 0.2) is 24.5 Å². The van der Waals surface area contributed by atoms with Gasteiger partial charge in [0.2, 0.25) is 0 Å². The molecule has 0 rings (SSSR count). The monoisotopic (exact) mass is 228 g/mol. The minimum atomic E-state index is -0.473. The molecule has 1 unspecified atom stereocenters. The van der Waals surface area contributed by atoms with E-state index in [-0.39, 0.29) is 5.97 Å². The maximum Gasteiger partial charge on any atom is 0.305 e. The van der Waals surface area contributed by atoms with Crippen molar-refractivity contribution in [1.82, 2.24) is 0 Å². The van der Waals surface area contributed by atoms with Crippen molar-refractivity contribution in [3.05, 3.63) is 24.5 Å². The van der Waals surface area contributed by atoms with Crippen LogP contribution in [0.3, 0.4) is 0 Å². The molecule has 0 heterocycles. The summed E-state index contributed by atoms with van der Waals surface area (Å²) in [5, 5.41) is 9.49. The number of aliphatic hydroxyl groups excluding tert-OH is 1. The first-order valence-electron chi connectivity index (χ1n) is 5.31. The molecule has 0 aromatic carbocycles. The van der Waals surface area contributed by atoms with E-state index in [4.69, 9.17) is 4.74 Å². The number of unbranched alkanes of at least 4 members (excludes halogenated alkanes) is 1. The van der Waals surface area contributed by atoms with E-state index in [1.54, 1.807) is 25.3 Å². The molecule has 0 saturated heterocycles. The van der Waals surface area contributed by atoms with E-state index in [1.165, 1.54) is 13.4 Å². The highest BCUT2D eigenvalue weighted by molar-refractivity contribution is 5.68. The van der Waals surface area contributed by atoms with Crippen LogP contribution in [-0.2, 0) is 14.3 Å². The zero-order valence-electron chi connectivity index (χ0n) is 9.89. The second-order valence-corrected chi connectivity index (χ2v) is 3.34. The van der Waals surface area contributed by atoms with Gasteiger partial charge in [0.15, 0.2) is 0 Å². The van der Waals surface area contributed by atoms with E-state index >= 15 is 0 Å². The van der Waals surface area contributed by atoms with Crippen LogP contribution in [0.25, 0.3) is 0 Å². The van der Waals surface area contributed by atoms with Gasteiger partial charge in [0.1, 0.15) is 0 Å². The summed E-state index contributed by atoms with van der Waals surface area (Å²) in [5.41, 5.74) is 0. The number of carbonyl (C=O) groups excluding carboxylic acids is 1. The first-order chi connectivity index (χ1) is 7.70. The van der Waals surface area contributed by atoms with E-state index in [2.05, 4.69) is 4.74 Å². The van der Waals surface area contributed by atoms with Gasteiger partial charge in [0, 0.05) is 6.42 Å². The smallest absolute Gasteiger partial charge is 0.305 e. The third kappa shape index (κ3) is 9.27. The van der Waals surface area contributed by atoms with E-state index in [1.807, 2.05) is 0 Å². The Labute approximate surface area is 96.6 Å². The number of ether oxygens (including phenoxy) is 2. The fourth-order valence-electron chi connectivity index (χ4n) is 1.14. The van der Waals surface area contributed by atoms with Crippen molar-refractivity contribution in [1.29, 1.82) is 0 Å². The molecule has 16 heavy (non-hydrogen) atoms. The number of methoxy groups -OCH3 is 2. The van der Waals surface area contributed by atoms with Crippen LogP contribution >= 0.6 is 0 Å².